The minimum absolute atomic E-state index is 0.00406. The summed E-state index contributed by atoms with van der Waals surface area (Å²) in [5.41, 5.74) is -3.25. The highest BCUT2D eigenvalue weighted by Gasteiger charge is 2.50. The molecule has 2 rings (SSSR count). The third-order valence-electron chi connectivity index (χ3n) is 5.92. The molecule has 11 heteroatoms. The number of ether oxygens (including phenoxy) is 2. The van der Waals surface area contributed by atoms with Crippen molar-refractivity contribution >= 4 is 47.1 Å². The zero-order chi connectivity index (χ0) is 27.2. The molecule has 1 aliphatic rings. The summed E-state index contributed by atoms with van der Waals surface area (Å²) in [6, 6.07) is 4.30. The van der Waals surface area contributed by atoms with E-state index in [4.69, 9.17) is 32.7 Å². The summed E-state index contributed by atoms with van der Waals surface area (Å²) in [7, 11) is 0. The molecule has 0 amide bonds. The third kappa shape index (κ3) is 5.68. The van der Waals surface area contributed by atoms with E-state index in [2.05, 4.69) is 0 Å². The molecule has 0 spiro atoms. The van der Waals surface area contributed by atoms with Crippen LogP contribution in [0.4, 0.5) is 0 Å². The van der Waals surface area contributed by atoms with Crippen molar-refractivity contribution in [3.05, 3.63) is 56.3 Å². The van der Waals surface area contributed by atoms with Crippen molar-refractivity contribution in [1.29, 1.82) is 0 Å². The topological polar surface area (TPSA) is 136 Å². The number of carboxylic acids is 2. The van der Waals surface area contributed by atoms with Crippen molar-refractivity contribution in [2.24, 2.45) is 0 Å². The lowest BCUT2D eigenvalue weighted by atomic mass is 9.65. The third-order valence-corrected chi connectivity index (χ3v) is 6.74. The highest BCUT2D eigenvalue weighted by Crippen LogP contribution is 2.50. The number of halogens is 2. The van der Waals surface area contributed by atoms with E-state index in [0.717, 1.165) is 0 Å². The van der Waals surface area contributed by atoms with Gasteiger partial charge >= 0.3 is 11.9 Å². The summed E-state index contributed by atoms with van der Waals surface area (Å²) in [4.78, 5) is 50.8. The molecule has 196 valence electrons. The molecule has 0 saturated carbocycles. The number of carbonyl (C=O) groups excluding carboxylic acids is 4. The Hall–Kier alpha value is -3.04. The second-order valence-corrected chi connectivity index (χ2v) is 9.02. The monoisotopic (exact) mass is 539 g/mol. The molecule has 1 aromatic carbocycles. The van der Waals surface area contributed by atoms with E-state index in [1.54, 1.807) is 13.8 Å². The molecule has 0 aliphatic carbocycles. The molecular weight excluding hydrogens is 513 g/mol. The normalized spacial score (nSPS) is 15.1. The standard InChI is InChI=1S/C25H29Cl2NO8/c1-5-8-18(29)35-12-25(16-10-7-11-17(26)22(16)27)20(23(31)32)14(3)28(13-36-19(30)9-6-2)15(4)21(25)24(33)34/h7,10-11H,5-6,8-9,12-13H2,1-4H3,(H,31,32)(H,33,34)/p-2. The molecule has 0 atom stereocenters. The first-order chi connectivity index (χ1) is 16.9. The number of nitrogens with zero attached hydrogens (tertiary/aromatic N) is 1. The average Bonchev–Trinajstić information content (AvgIpc) is 2.79. The number of benzene rings is 1. The van der Waals surface area contributed by atoms with Gasteiger partial charge < -0.3 is 34.2 Å². The number of carboxylic acid groups (broad SMARTS) is 2. The molecule has 0 saturated heterocycles. The van der Waals surface area contributed by atoms with E-state index in [9.17, 15) is 29.4 Å². The van der Waals surface area contributed by atoms with Gasteiger partial charge in [0, 0.05) is 35.4 Å². The number of hydrogen-bond donors (Lipinski definition) is 0. The maximum atomic E-state index is 12.6. The van der Waals surface area contributed by atoms with E-state index in [-0.39, 0.29) is 39.8 Å². The van der Waals surface area contributed by atoms with Gasteiger partial charge in [-0.1, -0.05) is 49.2 Å². The summed E-state index contributed by atoms with van der Waals surface area (Å²) < 4.78 is 10.6. The smallest absolute Gasteiger partial charge is 0.307 e. The Morgan fingerprint density at radius 1 is 0.889 bits per heavy atom. The Kier molecular flexibility index (Phi) is 9.95. The highest BCUT2D eigenvalue weighted by molar-refractivity contribution is 6.42. The van der Waals surface area contributed by atoms with E-state index in [1.807, 2.05) is 0 Å². The van der Waals surface area contributed by atoms with Gasteiger partial charge in [0.25, 0.3) is 0 Å². The molecule has 1 heterocycles. The molecule has 36 heavy (non-hydrogen) atoms. The van der Waals surface area contributed by atoms with Crippen molar-refractivity contribution in [2.75, 3.05) is 13.3 Å². The molecule has 0 fully saturated rings. The van der Waals surface area contributed by atoms with Crippen molar-refractivity contribution in [3.8, 4) is 0 Å². The number of esters is 2. The van der Waals surface area contributed by atoms with Crippen LogP contribution in [0, 0.1) is 0 Å². The van der Waals surface area contributed by atoms with Crippen molar-refractivity contribution < 1.29 is 38.9 Å². The summed E-state index contributed by atoms with van der Waals surface area (Å²) in [6.45, 7) is 5.14. The van der Waals surface area contributed by atoms with Crippen LogP contribution in [0.3, 0.4) is 0 Å². The van der Waals surface area contributed by atoms with Gasteiger partial charge in [-0.2, -0.15) is 0 Å². The molecule has 9 nitrogen and oxygen atoms in total. The molecule has 1 aliphatic heterocycles. The average molecular weight is 540 g/mol. The summed E-state index contributed by atoms with van der Waals surface area (Å²) in [5, 5.41) is 25.1. The Morgan fingerprint density at radius 2 is 1.39 bits per heavy atom. The molecular formula is C25H27Cl2NO8-2. The molecule has 1 aromatic rings. The second kappa shape index (κ2) is 12.3. The van der Waals surface area contributed by atoms with Crippen LogP contribution in [-0.4, -0.2) is 42.1 Å². The fraction of sp³-hybridized carbons (Fsp3) is 0.440. The fourth-order valence-electron chi connectivity index (χ4n) is 4.30. The lowest BCUT2D eigenvalue weighted by Crippen LogP contribution is -2.54. The van der Waals surface area contributed by atoms with E-state index >= 15 is 0 Å². The van der Waals surface area contributed by atoms with Crippen molar-refractivity contribution in [3.63, 3.8) is 0 Å². The summed E-state index contributed by atoms with van der Waals surface area (Å²) in [6.07, 6.45) is 1.11. The maximum absolute atomic E-state index is 12.6. The van der Waals surface area contributed by atoms with Crippen LogP contribution in [0.2, 0.25) is 10.0 Å². The predicted molar refractivity (Wildman–Crippen MR) is 127 cm³/mol. The van der Waals surface area contributed by atoms with Gasteiger partial charge in [-0.15, -0.1) is 0 Å². The van der Waals surface area contributed by atoms with Gasteiger partial charge in [-0.25, -0.2) is 0 Å². The number of hydrogen-bond acceptors (Lipinski definition) is 9. The van der Waals surface area contributed by atoms with Crippen molar-refractivity contribution in [1.82, 2.24) is 4.90 Å². The Labute approximate surface area is 219 Å². The number of aliphatic carboxylic acids is 2. The summed E-state index contributed by atoms with van der Waals surface area (Å²) >= 11 is 12.7. The lowest BCUT2D eigenvalue weighted by Gasteiger charge is -2.47. The minimum Gasteiger partial charge on any atom is -0.545 e. The highest BCUT2D eigenvalue weighted by atomic mass is 35.5. The second-order valence-electron chi connectivity index (χ2n) is 8.24. The van der Waals surface area contributed by atoms with Crippen LogP contribution < -0.4 is 10.2 Å². The van der Waals surface area contributed by atoms with Crippen LogP contribution in [-0.2, 0) is 34.1 Å². The van der Waals surface area contributed by atoms with Gasteiger partial charge in [0.2, 0.25) is 0 Å². The van der Waals surface area contributed by atoms with Gasteiger partial charge in [-0.05, 0) is 38.3 Å². The number of carbonyl (C=O) groups is 4. The SMILES string of the molecule is CCCC(=O)OCN1C(C)=C(C(=O)[O-])C(COC(=O)CCC)(c2cccc(Cl)c2Cl)C(C(=O)[O-])=C1C. The van der Waals surface area contributed by atoms with Crippen LogP contribution in [0.15, 0.2) is 40.7 Å². The largest absolute Gasteiger partial charge is 0.545 e. The first kappa shape index (κ1) is 29.2. The molecule has 0 aromatic heterocycles. The zero-order valence-electron chi connectivity index (χ0n) is 20.4. The van der Waals surface area contributed by atoms with E-state index < -0.39 is 53.8 Å². The quantitative estimate of drug-likeness (QED) is 0.387. The number of allylic oxidation sites excluding steroid dienone is 2. The van der Waals surface area contributed by atoms with Crippen LogP contribution in [0.25, 0.3) is 0 Å². The minimum atomic E-state index is -2.14. The fourth-order valence-corrected chi connectivity index (χ4v) is 4.77. The lowest BCUT2D eigenvalue weighted by molar-refractivity contribution is -0.302. The van der Waals surface area contributed by atoms with Gasteiger partial charge in [0.05, 0.1) is 27.4 Å². The first-order valence-electron chi connectivity index (χ1n) is 11.3. The Morgan fingerprint density at radius 3 is 1.86 bits per heavy atom. The molecule has 0 unspecified atom stereocenters. The number of rotatable bonds is 11. The predicted octanol–water partition coefficient (Wildman–Crippen LogP) is 2.24. The van der Waals surface area contributed by atoms with E-state index in [1.165, 1.54) is 36.9 Å². The van der Waals surface area contributed by atoms with Crippen LogP contribution in [0.5, 0.6) is 0 Å². The Balaban J connectivity index is 2.89. The molecule has 0 N–H and O–H groups in total. The first-order valence-corrected chi connectivity index (χ1v) is 12.1. The van der Waals surface area contributed by atoms with Gasteiger partial charge in [0.1, 0.15) is 6.61 Å². The molecule has 0 radical (unpaired) electrons. The van der Waals surface area contributed by atoms with Gasteiger partial charge in [-0.3, -0.25) is 9.59 Å². The summed E-state index contributed by atoms with van der Waals surface area (Å²) in [5.74, 6) is -4.71. The zero-order valence-corrected chi connectivity index (χ0v) is 22.0. The van der Waals surface area contributed by atoms with Crippen molar-refractivity contribution in [2.45, 2.75) is 58.8 Å². The van der Waals surface area contributed by atoms with Crippen LogP contribution in [0.1, 0.15) is 58.9 Å². The molecule has 0 bridgehead atoms. The Bertz CT molecular complexity index is 1090. The van der Waals surface area contributed by atoms with Crippen LogP contribution >= 0.6 is 23.2 Å². The van der Waals surface area contributed by atoms with Gasteiger partial charge in [0.15, 0.2) is 6.73 Å². The maximum Gasteiger partial charge on any atom is 0.307 e. The van der Waals surface area contributed by atoms with E-state index in [0.29, 0.717) is 12.8 Å².